The Labute approximate surface area is 109 Å². The monoisotopic (exact) mass is 243 g/mol. The number of aryl methyl sites for hydroxylation is 4. The Kier molecular flexibility index (Phi) is 3.82. The van der Waals surface area contributed by atoms with Crippen molar-refractivity contribution in [2.45, 2.75) is 32.7 Å². The number of aromatic nitrogens is 2. The Morgan fingerprint density at radius 2 is 2.06 bits per heavy atom. The molecule has 96 valence electrons. The summed E-state index contributed by atoms with van der Waals surface area (Å²) >= 11 is 0. The number of nitrogens with zero attached hydrogens (tertiary/aromatic N) is 2. The molecule has 2 N–H and O–H groups in total. The van der Waals surface area contributed by atoms with Crippen molar-refractivity contribution in [1.82, 2.24) is 9.78 Å². The Morgan fingerprint density at radius 1 is 1.28 bits per heavy atom. The van der Waals surface area contributed by atoms with E-state index < -0.39 is 0 Å². The predicted octanol–water partition coefficient (Wildman–Crippen LogP) is 2.67. The summed E-state index contributed by atoms with van der Waals surface area (Å²) in [5, 5.41) is 4.17. The lowest BCUT2D eigenvalue weighted by Gasteiger charge is -2.15. The van der Waals surface area contributed by atoms with Gasteiger partial charge in [-0.25, -0.2) is 0 Å². The third-order valence-electron chi connectivity index (χ3n) is 3.47. The molecule has 0 saturated heterocycles. The van der Waals surface area contributed by atoms with Crippen LogP contribution in [0.4, 0.5) is 0 Å². The molecule has 1 aromatic carbocycles. The number of rotatable bonds is 4. The van der Waals surface area contributed by atoms with Crippen molar-refractivity contribution in [3.8, 4) is 0 Å². The normalized spacial score (nSPS) is 12.7. The van der Waals surface area contributed by atoms with Crippen LogP contribution in [0.5, 0.6) is 0 Å². The Morgan fingerprint density at radius 3 is 2.72 bits per heavy atom. The van der Waals surface area contributed by atoms with Gasteiger partial charge in [0.05, 0.1) is 0 Å². The van der Waals surface area contributed by atoms with E-state index in [4.69, 9.17) is 5.73 Å². The fraction of sp³-hybridized carbons (Fsp3) is 0.400. The summed E-state index contributed by atoms with van der Waals surface area (Å²) in [7, 11) is 1.97. The SMILES string of the molecule is Cc1ccc(C)c(C(N)CCc2ccnn2C)c1. The highest BCUT2D eigenvalue weighted by atomic mass is 15.2. The molecule has 1 heterocycles. The molecule has 0 aliphatic heterocycles. The number of hydrogen-bond acceptors (Lipinski definition) is 2. The second-order valence-electron chi connectivity index (χ2n) is 4.95. The minimum absolute atomic E-state index is 0.0970. The van der Waals surface area contributed by atoms with E-state index >= 15 is 0 Å². The molecule has 2 aromatic rings. The van der Waals surface area contributed by atoms with Crippen LogP contribution in [0, 0.1) is 13.8 Å². The van der Waals surface area contributed by atoms with Gasteiger partial charge >= 0.3 is 0 Å². The van der Waals surface area contributed by atoms with Gasteiger partial charge in [-0.1, -0.05) is 23.8 Å². The van der Waals surface area contributed by atoms with Crippen LogP contribution in [0.15, 0.2) is 30.5 Å². The second-order valence-corrected chi connectivity index (χ2v) is 4.95. The summed E-state index contributed by atoms with van der Waals surface area (Å²) in [5.74, 6) is 0. The van der Waals surface area contributed by atoms with Crippen molar-refractivity contribution < 1.29 is 0 Å². The summed E-state index contributed by atoms with van der Waals surface area (Å²) in [5.41, 5.74) is 11.3. The standard InChI is InChI=1S/C15H21N3/c1-11-4-5-12(2)14(10-11)15(16)7-6-13-8-9-17-18(13)3/h4-5,8-10,15H,6-7,16H2,1-3H3. The van der Waals surface area contributed by atoms with Gasteiger partial charge < -0.3 is 5.73 Å². The highest BCUT2D eigenvalue weighted by Gasteiger charge is 2.10. The average molecular weight is 243 g/mol. The summed E-state index contributed by atoms with van der Waals surface area (Å²) < 4.78 is 1.91. The van der Waals surface area contributed by atoms with Gasteiger partial charge in [-0.15, -0.1) is 0 Å². The summed E-state index contributed by atoms with van der Waals surface area (Å²) in [4.78, 5) is 0. The maximum absolute atomic E-state index is 6.30. The van der Waals surface area contributed by atoms with Crippen LogP contribution in [-0.4, -0.2) is 9.78 Å². The number of nitrogens with two attached hydrogens (primary N) is 1. The topological polar surface area (TPSA) is 43.8 Å². The fourth-order valence-corrected chi connectivity index (χ4v) is 2.26. The van der Waals surface area contributed by atoms with E-state index in [1.807, 2.05) is 17.9 Å². The first-order chi connectivity index (χ1) is 8.58. The van der Waals surface area contributed by atoms with Gasteiger partial charge in [-0.3, -0.25) is 4.68 Å². The highest BCUT2D eigenvalue weighted by molar-refractivity contribution is 5.32. The number of hydrogen-bond donors (Lipinski definition) is 1. The summed E-state index contributed by atoms with van der Waals surface area (Å²) in [6.07, 6.45) is 3.74. The van der Waals surface area contributed by atoms with Crippen molar-refractivity contribution >= 4 is 0 Å². The van der Waals surface area contributed by atoms with Crippen LogP contribution in [0.3, 0.4) is 0 Å². The van der Waals surface area contributed by atoms with E-state index in [0.717, 1.165) is 12.8 Å². The molecule has 0 aliphatic carbocycles. The molecule has 0 saturated carbocycles. The second kappa shape index (κ2) is 5.36. The first-order valence-electron chi connectivity index (χ1n) is 6.37. The molecule has 2 rings (SSSR count). The minimum atomic E-state index is 0.0970. The van der Waals surface area contributed by atoms with E-state index in [1.165, 1.54) is 22.4 Å². The van der Waals surface area contributed by atoms with Crippen LogP contribution in [0.2, 0.25) is 0 Å². The quantitative estimate of drug-likeness (QED) is 0.897. The largest absolute Gasteiger partial charge is 0.324 e. The lowest BCUT2D eigenvalue weighted by atomic mass is 9.96. The van der Waals surface area contributed by atoms with Gasteiger partial charge in [-0.2, -0.15) is 5.10 Å². The lowest BCUT2D eigenvalue weighted by molar-refractivity contribution is 0.611. The third-order valence-corrected chi connectivity index (χ3v) is 3.47. The molecule has 1 aromatic heterocycles. The summed E-state index contributed by atoms with van der Waals surface area (Å²) in [6.45, 7) is 4.23. The molecule has 1 unspecified atom stereocenters. The molecular weight excluding hydrogens is 222 g/mol. The van der Waals surface area contributed by atoms with Crippen molar-refractivity contribution in [2.24, 2.45) is 12.8 Å². The zero-order chi connectivity index (χ0) is 13.1. The molecule has 0 aliphatic rings. The molecule has 18 heavy (non-hydrogen) atoms. The first-order valence-corrected chi connectivity index (χ1v) is 6.37. The molecule has 0 radical (unpaired) electrons. The maximum atomic E-state index is 6.30. The van der Waals surface area contributed by atoms with Gasteiger partial charge in [-0.05, 0) is 43.9 Å². The van der Waals surface area contributed by atoms with E-state index in [9.17, 15) is 0 Å². The van der Waals surface area contributed by atoms with Crippen molar-refractivity contribution in [3.63, 3.8) is 0 Å². The van der Waals surface area contributed by atoms with Gasteiger partial charge in [0.2, 0.25) is 0 Å². The molecule has 3 nitrogen and oxygen atoms in total. The average Bonchev–Trinajstić information content (AvgIpc) is 2.75. The van der Waals surface area contributed by atoms with Gasteiger partial charge in [0, 0.05) is 25.0 Å². The Hall–Kier alpha value is -1.61. The van der Waals surface area contributed by atoms with Gasteiger partial charge in [0.1, 0.15) is 0 Å². The van der Waals surface area contributed by atoms with Crippen LogP contribution < -0.4 is 5.73 Å². The van der Waals surface area contributed by atoms with E-state index in [-0.39, 0.29) is 6.04 Å². The molecule has 3 heteroatoms. The molecule has 0 amide bonds. The molecule has 0 spiro atoms. The van der Waals surface area contributed by atoms with Crippen molar-refractivity contribution in [3.05, 3.63) is 52.8 Å². The van der Waals surface area contributed by atoms with Gasteiger partial charge in [0.25, 0.3) is 0 Å². The van der Waals surface area contributed by atoms with E-state index in [2.05, 4.69) is 43.2 Å². The maximum Gasteiger partial charge on any atom is 0.0492 e. The zero-order valence-electron chi connectivity index (χ0n) is 11.4. The fourth-order valence-electron chi connectivity index (χ4n) is 2.26. The van der Waals surface area contributed by atoms with Crippen LogP contribution in [-0.2, 0) is 13.5 Å². The van der Waals surface area contributed by atoms with E-state index in [0.29, 0.717) is 0 Å². The molecule has 0 fully saturated rings. The van der Waals surface area contributed by atoms with Crippen molar-refractivity contribution in [1.29, 1.82) is 0 Å². The van der Waals surface area contributed by atoms with Crippen LogP contribution in [0.25, 0.3) is 0 Å². The number of benzene rings is 1. The summed E-state index contributed by atoms with van der Waals surface area (Å²) in [6, 6.07) is 8.63. The first kappa shape index (κ1) is 12.8. The third kappa shape index (κ3) is 2.79. The van der Waals surface area contributed by atoms with E-state index in [1.54, 1.807) is 0 Å². The Balaban J connectivity index is 2.06. The minimum Gasteiger partial charge on any atom is -0.324 e. The predicted molar refractivity (Wildman–Crippen MR) is 74.4 cm³/mol. The van der Waals surface area contributed by atoms with Crippen LogP contribution >= 0.6 is 0 Å². The highest BCUT2D eigenvalue weighted by Crippen LogP contribution is 2.21. The molecular formula is C15H21N3. The van der Waals surface area contributed by atoms with Gasteiger partial charge in [0.15, 0.2) is 0 Å². The zero-order valence-corrected chi connectivity index (χ0v) is 11.4. The Bertz CT molecular complexity index is 528. The lowest BCUT2D eigenvalue weighted by Crippen LogP contribution is -2.14. The molecule has 0 bridgehead atoms. The molecule has 1 atom stereocenters. The smallest absolute Gasteiger partial charge is 0.0492 e. The van der Waals surface area contributed by atoms with Crippen LogP contribution in [0.1, 0.15) is 34.8 Å². The van der Waals surface area contributed by atoms with Crippen molar-refractivity contribution in [2.75, 3.05) is 0 Å².